The topological polar surface area (TPSA) is 20.3 Å². The molecule has 0 saturated carbocycles. The van der Waals surface area contributed by atoms with Crippen molar-refractivity contribution in [1.82, 2.24) is 4.57 Å². The van der Waals surface area contributed by atoms with E-state index in [9.17, 15) is 4.79 Å². The lowest BCUT2D eigenvalue weighted by Crippen LogP contribution is -2.47. The maximum Gasteiger partial charge on any atom is 0.199 e. The van der Waals surface area contributed by atoms with Crippen LogP contribution in [0.3, 0.4) is 0 Å². The molecule has 0 spiro atoms. The minimum Gasteiger partial charge on any atom is -0.317 e. The van der Waals surface area contributed by atoms with Crippen LogP contribution in [-0.4, -0.2) is 31.0 Å². The van der Waals surface area contributed by atoms with Crippen LogP contribution in [0.25, 0.3) is 0 Å². The van der Waals surface area contributed by atoms with E-state index in [-0.39, 0.29) is 5.12 Å². The van der Waals surface area contributed by atoms with Gasteiger partial charge >= 0.3 is 0 Å². The second-order valence-corrected chi connectivity index (χ2v) is 9.05. The molecule has 0 N–H and O–H groups in total. The predicted molar refractivity (Wildman–Crippen MR) is 54.6 cm³/mol. The Bertz CT molecular complexity index is 144. The molecular formula is C7H17NOSSi. The van der Waals surface area contributed by atoms with Crippen molar-refractivity contribution in [2.45, 2.75) is 26.6 Å². The number of thiol groups is 1. The van der Waals surface area contributed by atoms with E-state index in [1.165, 1.54) is 0 Å². The summed E-state index contributed by atoms with van der Waals surface area (Å²) in [6, 6.07) is 0. The summed E-state index contributed by atoms with van der Waals surface area (Å²) in [5.41, 5.74) is 0. The summed E-state index contributed by atoms with van der Waals surface area (Å²) in [5.74, 6) is 0. The van der Waals surface area contributed by atoms with Crippen LogP contribution in [0.15, 0.2) is 0 Å². The molecule has 0 unspecified atom stereocenters. The highest BCUT2D eigenvalue weighted by Gasteiger charge is 2.22. The van der Waals surface area contributed by atoms with Crippen molar-refractivity contribution in [3.05, 3.63) is 0 Å². The van der Waals surface area contributed by atoms with E-state index in [0.717, 1.165) is 6.54 Å². The van der Waals surface area contributed by atoms with Crippen LogP contribution in [0.4, 0.5) is 0 Å². The van der Waals surface area contributed by atoms with Gasteiger partial charge in [-0.2, -0.15) is 0 Å². The van der Waals surface area contributed by atoms with E-state index in [1.54, 1.807) is 0 Å². The highest BCUT2D eigenvalue weighted by atomic mass is 32.1. The van der Waals surface area contributed by atoms with Crippen LogP contribution in [0, 0.1) is 0 Å². The number of hydrogen-bond acceptors (Lipinski definition) is 2. The van der Waals surface area contributed by atoms with Gasteiger partial charge in [0.2, 0.25) is 0 Å². The molecule has 0 heterocycles. The fraction of sp³-hybridized carbons (Fsp3) is 0.857. The summed E-state index contributed by atoms with van der Waals surface area (Å²) < 4.78 is 2.22. The molecule has 0 aromatic rings. The molecule has 0 atom stereocenters. The van der Waals surface area contributed by atoms with Crippen LogP contribution in [-0.2, 0) is 4.79 Å². The number of hydrogen-bond donors (Lipinski definition) is 1. The van der Waals surface area contributed by atoms with Crippen molar-refractivity contribution in [2.75, 3.05) is 13.1 Å². The van der Waals surface area contributed by atoms with Gasteiger partial charge in [0, 0.05) is 0 Å². The molecule has 0 aliphatic carbocycles. The highest BCUT2D eigenvalue weighted by molar-refractivity contribution is 7.96. The Morgan fingerprint density at radius 2 is 1.91 bits per heavy atom. The summed E-state index contributed by atoms with van der Waals surface area (Å²) in [4.78, 5) is 10.7. The largest absolute Gasteiger partial charge is 0.317 e. The highest BCUT2D eigenvalue weighted by Crippen LogP contribution is 2.08. The quantitative estimate of drug-likeness (QED) is 0.538. The van der Waals surface area contributed by atoms with Gasteiger partial charge in [0.15, 0.2) is 5.12 Å². The van der Waals surface area contributed by atoms with Crippen LogP contribution in [0.2, 0.25) is 19.6 Å². The summed E-state index contributed by atoms with van der Waals surface area (Å²) >= 11 is 3.76. The van der Waals surface area contributed by atoms with Gasteiger partial charge < -0.3 is 4.57 Å². The summed E-state index contributed by atoms with van der Waals surface area (Å²) in [6.45, 7) is 10.2. The third-order valence-electron chi connectivity index (χ3n) is 1.66. The zero-order valence-electron chi connectivity index (χ0n) is 7.72. The fourth-order valence-corrected chi connectivity index (χ4v) is 2.86. The van der Waals surface area contributed by atoms with Crippen molar-refractivity contribution < 1.29 is 4.79 Å². The maximum absolute atomic E-state index is 10.7. The van der Waals surface area contributed by atoms with Crippen LogP contribution in [0.5, 0.6) is 0 Å². The first-order valence-electron chi connectivity index (χ1n) is 3.84. The molecule has 4 heteroatoms. The fourth-order valence-electron chi connectivity index (χ4n) is 0.987. The molecule has 0 aromatic carbocycles. The monoisotopic (exact) mass is 191 g/mol. The van der Waals surface area contributed by atoms with Crippen molar-refractivity contribution in [2.24, 2.45) is 0 Å². The van der Waals surface area contributed by atoms with E-state index in [1.807, 2.05) is 0 Å². The molecule has 0 aromatic heterocycles. The van der Waals surface area contributed by atoms with E-state index >= 15 is 0 Å². The lowest BCUT2D eigenvalue weighted by atomic mass is 10.6. The number of rotatable bonds is 4. The van der Waals surface area contributed by atoms with Gasteiger partial charge in [-0.1, -0.05) is 26.6 Å². The van der Waals surface area contributed by atoms with Gasteiger partial charge in [0.1, 0.15) is 8.24 Å². The molecule has 0 saturated heterocycles. The van der Waals surface area contributed by atoms with Crippen molar-refractivity contribution in [3.8, 4) is 0 Å². The molecule has 66 valence electrons. The second kappa shape index (κ2) is 4.28. The molecular weight excluding hydrogens is 174 g/mol. The molecule has 0 fully saturated rings. The van der Waals surface area contributed by atoms with Gasteiger partial charge in [0.05, 0.1) is 6.54 Å². The summed E-state index contributed by atoms with van der Waals surface area (Å²) in [5, 5.41) is -0.0331. The zero-order valence-corrected chi connectivity index (χ0v) is 9.61. The number of carbonyl (C=O) groups excluding carboxylic acids is 1. The molecule has 2 nitrogen and oxygen atoms in total. The Balaban J connectivity index is 4.07. The lowest BCUT2D eigenvalue weighted by Gasteiger charge is -2.31. The van der Waals surface area contributed by atoms with Gasteiger partial charge in [-0.3, -0.25) is 4.79 Å². The molecule has 0 amide bonds. The smallest absolute Gasteiger partial charge is 0.199 e. The first kappa shape index (κ1) is 11.2. The van der Waals surface area contributed by atoms with Crippen LogP contribution in [0.1, 0.15) is 6.92 Å². The second-order valence-electron chi connectivity index (χ2n) is 3.58. The number of carbonyl (C=O) groups is 1. The van der Waals surface area contributed by atoms with Crippen molar-refractivity contribution in [1.29, 1.82) is 0 Å². The normalized spacial score (nSPS) is 12.2. The molecule has 0 radical (unpaired) electrons. The first-order valence-corrected chi connectivity index (χ1v) is 7.74. The first-order chi connectivity index (χ1) is 4.88. The van der Waals surface area contributed by atoms with Crippen LogP contribution >= 0.6 is 12.6 Å². The molecule has 0 rings (SSSR count). The van der Waals surface area contributed by atoms with E-state index in [2.05, 4.69) is 43.8 Å². The predicted octanol–water partition coefficient (Wildman–Crippen LogP) is 1.60. The Morgan fingerprint density at radius 1 is 1.45 bits per heavy atom. The van der Waals surface area contributed by atoms with Gasteiger partial charge in [-0.25, -0.2) is 0 Å². The van der Waals surface area contributed by atoms with Crippen LogP contribution < -0.4 is 0 Å². The average molecular weight is 191 g/mol. The van der Waals surface area contributed by atoms with E-state index in [4.69, 9.17) is 0 Å². The Hall–Kier alpha value is 0.197. The summed E-state index contributed by atoms with van der Waals surface area (Å²) in [7, 11) is -1.29. The molecule has 0 aliphatic rings. The van der Waals surface area contributed by atoms with E-state index < -0.39 is 8.24 Å². The zero-order chi connectivity index (χ0) is 9.07. The Kier molecular flexibility index (Phi) is 4.36. The maximum atomic E-state index is 10.7. The Morgan fingerprint density at radius 3 is 2.00 bits per heavy atom. The minimum absolute atomic E-state index is 0.0331. The van der Waals surface area contributed by atoms with Gasteiger partial charge in [-0.05, 0) is 6.54 Å². The van der Waals surface area contributed by atoms with E-state index in [0.29, 0.717) is 6.54 Å². The lowest BCUT2D eigenvalue weighted by molar-refractivity contribution is -0.111. The van der Waals surface area contributed by atoms with Crippen molar-refractivity contribution in [3.63, 3.8) is 0 Å². The third kappa shape index (κ3) is 4.61. The SMILES string of the molecule is CCN(CC(=O)S)[Si](C)(C)C. The molecule has 0 aliphatic heterocycles. The Labute approximate surface area is 75.5 Å². The average Bonchev–Trinajstić information content (AvgIpc) is 1.79. The van der Waals surface area contributed by atoms with Gasteiger partial charge in [-0.15, -0.1) is 12.6 Å². The molecule has 11 heavy (non-hydrogen) atoms. The van der Waals surface area contributed by atoms with Crippen molar-refractivity contribution >= 4 is 26.0 Å². The summed E-state index contributed by atoms with van der Waals surface area (Å²) in [6.07, 6.45) is 0. The molecule has 0 bridgehead atoms. The van der Waals surface area contributed by atoms with Gasteiger partial charge in [0.25, 0.3) is 0 Å². The number of likely N-dealkylation sites (N-methyl/N-ethyl adjacent to an activating group) is 1. The standard InChI is InChI=1S/C7H17NOSSi/c1-5-8(6-7(9)10)11(2,3)4/h5-6H2,1-4H3,(H,9,10). The third-order valence-corrected chi connectivity index (χ3v) is 4.17. The number of nitrogens with zero attached hydrogens (tertiary/aromatic N) is 1. The minimum atomic E-state index is -1.29.